The van der Waals surface area contributed by atoms with Gasteiger partial charge in [0.25, 0.3) is 0 Å². The van der Waals surface area contributed by atoms with Gasteiger partial charge in [0.2, 0.25) is 0 Å². The Morgan fingerprint density at radius 3 is 2.78 bits per heavy atom. The highest BCUT2D eigenvalue weighted by Gasteiger charge is 2.07. The fourth-order valence-electron chi connectivity index (χ4n) is 1.72. The molecule has 5 heteroatoms. The SMILES string of the molecule is COCCN(CCC#N)Cc1cc(N)cc(F)c1. The molecule has 0 fully saturated rings. The first kappa shape index (κ1) is 14.4. The second kappa shape index (κ2) is 7.64. The van der Waals surface area contributed by atoms with Crippen LogP contribution in [0, 0.1) is 17.1 Å². The summed E-state index contributed by atoms with van der Waals surface area (Å²) in [7, 11) is 1.63. The largest absolute Gasteiger partial charge is 0.399 e. The van der Waals surface area contributed by atoms with Crippen LogP contribution >= 0.6 is 0 Å². The smallest absolute Gasteiger partial charge is 0.125 e. The number of benzene rings is 1. The maximum Gasteiger partial charge on any atom is 0.125 e. The summed E-state index contributed by atoms with van der Waals surface area (Å²) in [6, 6.07) is 6.60. The first-order chi connectivity index (χ1) is 8.65. The van der Waals surface area contributed by atoms with E-state index in [0.29, 0.717) is 38.3 Å². The number of ether oxygens (including phenoxy) is 1. The van der Waals surface area contributed by atoms with Crippen LogP contribution in [-0.4, -0.2) is 31.7 Å². The van der Waals surface area contributed by atoms with E-state index in [9.17, 15) is 4.39 Å². The standard InChI is InChI=1S/C13H18FN3O/c1-18-6-5-17(4-2-3-15)10-11-7-12(14)9-13(16)8-11/h7-9H,2,4-6,10,16H2,1H3. The highest BCUT2D eigenvalue weighted by atomic mass is 19.1. The van der Waals surface area contributed by atoms with Crippen molar-refractivity contribution < 1.29 is 9.13 Å². The molecule has 1 rings (SSSR count). The number of rotatable bonds is 7. The van der Waals surface area contributed by atoms with Crippen LogP contribution < -0.4 is 5.73 Å². The lowest BCUT2D eigenvalue weighted by atomic mass is 10.2. The maximum absolute atomic E-state index is 13.2. The van der Waals surface area contributed by atoms with E-state index in [0.717, 1.165) is 5.56 Å². The lowest BCUT2D eigenvalue weighted by Crippen LogP contribution is -2.28. The van der Waals surface area contributed by atoms with Gasteiger partial charge in [-0.25, -0.2) is 4.39 Å². The summed E-state index contributed by atoms with van der Waals surface area (Å²) in [6.45, 7) is 2.48. The van der Waals surface area contributed by atoms with Crippen molar-refractivity contribution in [1.82, 2.24) is 4.90 Å². The number of halogens is 1. The van der Waals surface area contributed by atoms with Crippen molar-refractivity contribution in [2.24, 2.45) is 0 Å². The van der Waals surface area contributed by atoms with E-state index in [1.807, 2.05) is 4.90 Å². The Hall–Kier alpha value is -1.64. The molecular weight excluding hydrogens is 233 g/mol. The van der Waals surface area contributed by atoms with Gasteiger partial charge in [-0.1, -0.05) is 0 Å². The molecule has 0 saturated heterocycles. The number of anilines is 1. The number of methoxy groups -OCH3 is 1. The molecular formula is C13H18FN3O. The van der Waals surface area contributed by atoms with Gasteiger partial charge >= 0.3 is 0 Å². The van der Waals surface area contributed by atoms with Crippen LogP contribution in [0.25, 0.3) is 0 Å². The predicted octanol–water partition coefficient (Wildman–Crippen LogP) is 1.77. The molecule has 0 aliphatic rings. The van der Waals surface area contributed by atoms with Gasteiger partial charge in [-0.2, -0.15) is 5.26 Å². The monoisotopic (exact) mass is 251 g/mol. The first-order valence-corrected chi connectivity index (χ1v) is 5.79. The zero-order valence-corrected chi connectivity index (χ0v) is 10.5. The van der Waals surface area contributed by atoms with Gasteiger partial charge in [-0.15, -0.1) is 0 Å². The van der Waals surface area contributed by atoms with Gasteiger partial charge in [0.05, 0.1) is 12.7 Å². The van der Waals surface area contributed by atoms with Crippen LogP contribution in [0.3, 0.4) is 0 Å². The van der Waals surface area contributed by atoms with Crippen LogP contribution in [0.4, 0.5) is 10.1 Å². The van der Waals surface area contributed by atoms with Crippen LogP contribution in [0.1, 0.15) is 12.0 Å². The van der Waals surface area contributed by atoms with Gasteiger partial charge in [0, 0.05) is 38.9 Å². The van der Waals surface area contributed by atoms with E-state index >= 15 is 0 Å². The Bertz CT molecular complexity index is 397. The molecule has 2 N–H and O–H groups in total. The molecule has 0 saturated carbocycles. The molecule has 0 atom stereocenters. The minimum atomic E-state index is -0.336. The maximum atomic E-state index is 13.2. The molecule has 0 amide bonds. The summed E-state index contributed by atoms with van der Waals surface area (Å²) in [5.74, 6) is -0.336. The van der Waals surface area contributed by atoms with E-state index in [2.05, 4.69) is 6.07 Å². The summed E-state index contributed by atoms with van der Waals surface area (Å²) in [5.41, 5.74) is 6.82. The Balaban J connectivity index is 2.65. The van der Waals surface area contributed by atoms with Crippen molar-refractivity contribution in [3.8, 4) is 6.07 Å². The summed E-state index contributed by atoms with van der Waals surface area (Å²) in [5, 5.41) is 8.61. The molecule has 0 radical (unpaired) electrons. The van der Waals surface area contributed by atoms with Crippen LogP contribution in [0.2, 0.25) is 0 Å². The molecule has 4 nitrogen and oxygen atoms in total. The molecule has 0 aliphatic heterocycles. The van der Waals surface area contributed by atoms with Crippen LogP contribution in [0.5, 0.6) is 0 Å². The van der Waals surface area contributed by atoms with Gasteiger partial charge in [-0.05, 0) is 23.8 Å². The molecule has 1 aromatic carbocycles. The molecule has 0 spiro atoms. The van der Waals surface area contributed by atoms with Crippen molar-refractivity contribution >= 4 is 5.69 Å². The van der Waals surface area contributed by atoms with E-state index < -0.39 is 0 Å². The number of nitriles is 1. The van der Waals surface area contributed by atoms with E-state index in [1.54, 1.807) is 13.2 Å². The Kier molecular flexibility index (Phi) is 6.12. The highest BCUT2D eigenvalue weighted by Crippen LogP contribution is 2.13. The first-order valence-electron chi connectivity index (χ1n) is 5.79. The molecule has 18 heavy (non-hydrogen) atoms. The van der Waals surface area contributed by atoms with Gasteiger partial charge in [0.1, 0.15) is 5.82 Å². The van der Waals surface area contributed by atoms with Crippen LogP contribution in [0.15, 0.2) is 18.2 Å². The number of nitrogens with two attached hydrogens (primary N) is 1. The molecule has 1 aromatic rings. The molecule has 0 aromatic heterocycles. The average Bonchev–Trinajstić information content (AvgIpc) is 2.31. The summed E-state index contributed by atoms with van der Waals surface area (Å²) in [6.07, 6.45) is 0.439. The Morgan fingerprint density at radius 2 is 2.17 bits per heavy atom. The number of hydrogen-bond donors (Lipinski definition) is 1. The molecule has 0 unspecified atom stereocenters. The third-order valence-corrected chi connectivity index (χ3v) is 2.54. The topological polar surface area (TPSA) is 62.3 Å². The second-order valence-corrected chi connectivity index (χ2v) is 4.07. The highest BCUT2D eigenvalue weighted by molar-refractivity contribution is 5.41. The van der Waals surface area contributed by atoms with Gasteiger partial charge in [-0.3, -0.25) is 4.90 Å². The summed E-state index contributed by atoms with van der Waals surface area (Å²) in [4.78, 5) is 2.04. The second-order valence-electron chi connectivity index (χ2n) is 4.07. The molecule has 98 valence electrons. The van der Waals surface area contributed by atoms with Crippen molar-refractivity contribution in [2.75, 3.05) is 32.5 Å². The third-order valence-electron chi connectivity index (χ3n) is 2.54. The molecule has 0 heterocycles. The quantitative estimate of drug-likeness (QED) is 0.750. The lowest BCUT2D eigenvalue weighted by molar-refractivity contribution is 0.145. The van der Waals surface area contributed by atoms with E-state index in [-0.39, 0.29) is 5.82 Å². The predicted molar refractivity (Wildman–Crippen MR) is 68.2 cm³/mol. The zero-order chi connectivity index (χ0) is 13.4. The fourth-order valence-corrected chi connectivity index (χ4v) is 1.72. The summed E-state index contributed by atoms with van der Waals surface area (Å²) < 4.78 is 18.2. The van der Waals surface area contributed by atoms with Crippen molar-refractivity contribution in [3.05, 3.63) is 29.6 Å². The van der Waals surface area contributed by atoms with Crippen molar-refractivity contribution in [2.45, 2.75) is 13.0 Å². The summed E-state index contributed by atoms with van der Waals surface area (Å²) >= 11 is 0. The number of nitrogen functional groups attached to an aromatic ring is 1. The fraction of sp³-hybridized carbons (Fsp3) is 0.462. The van der Waals surface area contributed by atoms with Crippen molar-refractivity contribution in [3.63, 3.8) is 0 Å². The normalized spacial score (nSPS) is 10.6. The number of nitrogens with zero attached hydrogens (tertiary/aromatic N) is 2. The number of hydrogen-bond acceptors (Lipinski definition) is 4. The molecule has 0 bridgehead atoms. The third kappa shape index (κ3) is 5.13. The lowest BCUT2D eigenvalue weighted by Gasteiger charge is -2.21. The van der Waals surface area contributed by atoms with Crippen molar-refractivity contribution in [1.29, 1.82) is 5.26 Å². The van der Waals surface area contributed by atoms with E-state index in [4.69, 9.17) is 15.7 Å². The molecule has 0 aliphatic carbocycles. The minimum absolute atomic E-state index is 0.336. The minimum Gasteiger partial charge on any atom is -0.399 e. The van der Waals surface area contributed by atoms with Gasteiger partial charge < -0.3 is 10.5 Å². The Labute approximate surface area is 107 Å². The Morgan fingerprint density at radius 1 is 1.39 bits per heavy atom. The van der Waals surface area contributed by atoms with Crippen LogP contribution in [-0.2, 0) is 11.3 Å². The average molecular weight is 251 g/mol. The zero-order valence-electron chi connectivity index (χ0n) is 10.5. The van der Waals surface area contributed by atoms with Gasteiger partial charge in [0.15, 0.2) is 0 Å². The van der Waals surface area contributed by atoms with E-state index in [1.165, 1.54) is 12.1 Å².